The zero-order chi connectivity index (χ0) is 31.9. The average Bonchev–Trinajstić information content (AvgIpc) is 3.66. The molecule has 0 fully saturated rings. The maximum atomic E-state index is 14.9. The molecule has 0 saturated heterocycles. The Labute approximate surface area is 243 Å². The molecule has 2 N–H and O–H groups in total. The fraction of sp³-hybridized carbons (Fsp3) is 0.320. The van der Waals surface area contributed by atoms with Crippen LogP contribution in [0.1, 0.15) is 44.2 Å². The molecule has 19 heteroatoms. The van der Waals surface area contributed by atoms with Gasteiger partial charge in [-0.3, -0.25) is 19.7 Å². The number of ether oxygens (including phenoxy) is 1. The molecular formula is C25H22F7N9O3. The van der Waals surface area contributed by atoms with Crippen LogP contribution in [0.4, 0.5) is 30.7 Å². The van der Waals surface area contributed by atoms with Gasteiger partial charge in [0, 0.05) is 25.8 Å². The number of halogens is 7. The number of nitrogens with one attached hydrogen (secondary N) is 2. The third kappa shape index (κ3) is 9.20. The van der Waals surface area contributed by atoms with E-state index in [1.54, 1.807) is 0 Å². The lowest BCUT2D eigenvalue weighted by Gasteiger charge is -2.23. The number of H-pyrrole nitrogens is 1. The quantitative estimate of drug-likeness (QED) is 0.226. The third-order valence-electron chi connectivity index (χ3n) is 5.87. The van der Waals surface area contributed by atoms with Crippen LogP contribution in [0.15, 0.2) is 55.0 Å². The van der Waals surface area contributed by atoms with Crippen LogP contribution in [0, 0.1) is 0 Å². The normalized spacial score (nSPS) is 12.5. The molecule has 4 aromatic rings. The summed E-state index contributed by atoms with van der Waals surface area (Å²) in [7, 11) is 0. The highest BCUT2D eigenvalue weighted by molar-refractivity contribution is 5.92. The summed E-state index contributed by atoms with van der Waals surface area (Å²) in [5, 5.41) is 19.3. The van der Waals surface area contributed by atoms with Crippen LogP contribution in [0.2, 0.25) is 0 Å². The smallest absolute Gasteiger partial charge is 0.406 e. The molecule has 12 nitrogen and oxygen atoms in total. The van der Waals surface area contributed by atoms with E-state index < -0.39 is 42.0 Å². The van der Waals surface area contributed by atoms with Gasteiger partial charge in [-0.15, -0.1) is 23.4 Å². The third-order valence-corrected chi connectivity index (χ3v) is 5.87. The van der Waals surface area contributed by atoms with E-state index >= 15 is 0 Å². The number of benzene rings is 1. The van der Waals surface area contributed by atoms with Gasteiger partial charge in [-0.2, -0.15) is 13.2 Å². The van der Waals surface area contributed by atoms with Gasteiger partial charge in [0.1, 0.15) is 17.6 Å². The molecule has 0 aliphatic rings. The minimum absolute atomic E-state index is 0.0909. The van der Waals surface area contributed by atoms with Crippen LogP contribution >= 0.6 is 0 Å². The summed E-state index contributed by atoms with van der Waals surface area (Å²) < 4.78 is 95.6. The second-order valence-electron chi connectivity index (χ2n) is 9.22. The van der Waals surface area contributed by atoms with Crippen LogP contribution in [-0.4, -0.2) is 71.2 Å². The number of rotatable bonds is 12. The van der Waals surface area contributed by atoms with E-state index in [9.17, 15) is 40.3 Å². The highest BCUT2D eigenvalue weighted by Gasteiger charge is 2.32. The van der Waals surface area contributed by atoms with Crippen molar-refractivity contribution in [2.24, 2.45) is 0 Å². The molecule has 1 aromatic carbocycles. The molecule has 1 atom stereocenters. The van der Waals surface area contributed by atoms with Crippen LogP contribution in [0.5, 0.6) is 5.75 Å². The standard InChI is InChI=1S/C25H22F7N9O3/c26-17(6-7-40(23(43)19-11-35-38-36-19)12-16-4-5-21(33-10-16)24(27,28)29)13-41-14-20(37-39-41)22(42)34-9-15-2-1-3-18(8-15)44-25(30,31)32/h1-5,8,10-11,14,17H,6-7,9,12-13H2,(H,34,42)(H,35,36,38). The first kappa shape index (κ1) is 31.8. The average molecular weight is 629 g/mol. The minimum atomic E-state index is -4.87. The van der Waals surface area contributed by atoms with Gasteiger partial charge < -0.3 is 15.0 Å². The highest BCUT2D eigenvalue weighted by Crippen LogP contribution is 2.27. The van der Waals surface area contributed by atoms with Crippen molar-refractivity contribution in [2.75, 3.05) is 6.54 Å². The predicted molar refractivity (Wildman–Crippen MR) is 134 cm³/mol. The van der Waals surface area contributed by atoms with Gasteiger partial charge in [0.25, 0.3) is 11.8 Å². The summed E-state index contributed by atoms with van der Waals surface area (Å²) in [4.78, 5) is 29.8. The number of carbonyl (C=O) groups is 2. The van der Waals surface area contributed by atoms with Crippen molar-refractivity contribution in [3.05, 3.63) is 83.2 Å². The van der Waals surface area contributed by atoms with E-state index in [2.05, 4.69) is 40.8 Å². The van der Waals surface area contributed by atoms with Gasteiger partial charge in [0.05, 0.1) is 18.9 Å². The second kappa shape index (κ2) is 13.5. The first-order chi connectivity index (χ1) is 20.8. The number of nitrogens with zero attached hydrogens (tertiary/aromatic N) is 7. The van der Waals surface area contributed by atoms with E-state index in [-0.39, 0.29) is 49.6 Å². The topological polar surface area (TPSA) is 144 Å². The summed E-state index contributed by atoms with van der Waals surface area (Å²) >= 11 is 0. The van der Waals surface area contributed by atoms with Gasteiger partial charge in [-0.1, -0.05) is 28.6 Å². The zero-order valence-corrected chi connectivity index (χ0v) is 22.3. The Kier molecular flexibility index (Phi) is 9.74. The summed E-state index contributed by atoms with van der Waals surface area (Å²) in [6.45, 7) is -0.878. The maximum Gasteiger partial charge on any atom is 0.573 e. The molecule has 0 radical (unpaired) electrons. The summed E-state index contributed by atoms with van der Waals surface area (Å²) in [5.41, 5.74) is -0.806. The molecule has 1 unspecified atom stereocenters. The summed E-state index contributed by atoms with van der Waals surface area (Å²) in [6.07, 6.45) is -7.99. The lowest BCUT2D eigenvalue weighted by atomic mass is 10.2. The van der Waals surface area contributed by atoms with Crippen LogP contribution in [-0.2, 0) is 25.8 Å². The van der Waals surface area contributed by atoms with Crippen molar-refractivity contribution in [1.29, 1.82) is 0 Å². The Morgan fingerprint density at radius 2 is 1.84 bits per heavy atom. The molecule has 0 aliphatic heterocycles. The van der Waals surface area contributed by atoms with Crippen LogP contribution < -0.4 is 10.1 Å². The van der Waals surface area contributed by atoms with Crippen molar-refractivity contribution in [3.8, 4) is 5.75 Å². The molecular weight excluding hydrogens is 607 g/mol. The Morgan fingerprint density at radius 3 is 2.50 bits per heavy atom. The van der Waals surface area contributed by atoms with Gasteiger partial charge in [0.15, 0.2) is 11.4 Å². The summed E-state index contributed by atoms with van der Waals surface area (Å²) in [6, 6.07) is 6.92. The molecule has 4 rings (SSSR count). The molecule has 3 heterocycles. The number of alkyl halides is 7. The Hall–Kier alpha value is -5.10. The van der Waals surface area contributed by atoms with Crippen molar-refractivity contribution in [2.45, 2.75) is 44.8 Å². The highest BCUT2D eigenvalue weighted by atomic mass is 19.4. The van der Waals surface area contributed by atoms with Crippen LogP contribution in [0.25, 0.3) is 0 Å². The van der Waals surface area contributed by atoms with E-state index in [4.69, 9.17) is 0 Å². The van der Waals surface area contributed by atoms with Crippen molar-refractivity contribution >= 4 is 11.8 Å². The molecule has 0 aliphatic carbocycles. The largest absolute Gasteiger partial charge is 0.573 e. The lowest BCUT2D eigenvalue weighted by molar-refractivity contribution is -0.274. The molecule has 234 valence electrons. The van der Waals surface area contributed by atoms with E-state index in [0.29, 0.717) is 5.56 Å². The van der Waals surface area contributed by atoms with Crippen molar-refractivity contribution in [3.63, 3.8) is 0 Å². The molecule has 0 saturated carbocycles. The molecule has 0 spiro atoms. The number of aromatic nitrogens is 7. The number of hydrogen-bond donors (Lipinski definition) is 2. The van der Waals surface area contributed by atoms with Gasteiger partial charge >= 0.3 is 12.5 Å². The van der Waals surface area contributed by atoms with Gasteiger partial charge in [-0.25, -0.2) is 9.07 Å². The molecule has 44 heavy (non-hydrogen) atoms. The number of carbonyl (C=O) groups excluding carboxylic acids is 2. The van der Waals surface area contributed by atoms with E-state index in [1.807, 2.05) is 0 Å². The molecule has 0 bridgehead atoms. The number of amides is 2. The number of hydrogen-bond acceptors (Lipinski definition) is 8. The lowest BCUT2D eigenvalue weighted by Crippen LogP contribution is -2.33. The van der Waals surface area contributed by atoms with Gasteiger partial charge in [-0.05, 0) is 35.7 Å². The number of aromatic amines is 1. The Bertz CT molecular complexity index is 1540. The van der Waals surface area contributed by atoms with Crippen molar-refractivity contribution in [1.82, 2.24) is 45.6 Å². The van der Waals surface area contributed by atoms with Crippen LogP contribution in [0.3, 0.4) is 0 Å². The fourth-order valence-corrected chi connectivity index (χ4v) is 3.83. The zero-order valence-electron chi connectivity index (χ0n) is 22.3. The van der Waals surface area contributed by atoms with E-state index in [0.717, 1.165) is 41.3 Å². The Morgan fingerprint density at radius 1 is 1.05 bits per heavy atom. The van der Waals surface area contributed by atoms with Crippen molar-refractivity contribution < 1.29 is 45.1 Å². The molecule has 2 amide bonds. The molecule has 3 aromatic heterocycles. The van der Waals surface area contributed by atoms with Gasteiger partial charge in [0.2, 0.25) is 0 Å². The fourth-order valence-electron chi connectivity index (χ4n) is 3.83. The maximum absolute atomic E-state index is 14.9. The first-order valence-electron chi connectivity index (χ1n) is 12.6. The second-order valence-corrected chi connectivity index (χ2v) is 9.22. The predicted octanol–water partition coefficient (Wildman–Crippen LogP) is 3.71. The summed E-state index contributed by atoms with van der Waals surface area (Å²) in [5.74, 6) is -1.83. The van der Waals surface area contributed by atoms with E-state index in [1.165, 1.54) is 23.2 Å². The Balaban J connectivity index is 1.32. The minimum Gasteiger partial charge on any atom is -0.406 e. The SMILES string of the molecule is O=C(NCc1cccc(OC(F)(F)F)c1)c1cn(CC(F)CCN(Cc2ccc(C(F)(F)F)nc2)C(=O)c2c[nH]nn2)nn1. The monoisotopic (exact) mass is 629 g/mol. The first-order valence-corrected chi connectivity index (χ1v) is 12.6. The number of pyridine rings is 1.